The average molecular weight is 298 g/mol. The number of fused-ring (bicyclic) bond motifs is 1. The smallest absolute Gasteiger partial charge is 0.384 e. The van der Waals surface area contributed by atoms with Crippen LogP contribution in [0.2, 0.25) is 0 Å². The summed E-state index contributed by atoms with van der Waals surface area (Å²) in [5, 5.41) is 13.3. The monoisotopic (exact) mass is 298 g/mol. The molecule has 0 saturated carbocycles. The third kappa shape index (κ3) is 2.56. The lowest BCUT2D eigenvalue weighted by atomic mass is 10.2. The molecular formula is C15H14N4O3. The van der Waals surface area contributed by atoms with Gasteiger partial charge in [0.05, 0.1) is 12.5 Å². The van der Waals surface area contributed by atoms with Gasteiger partial charge >= 0.3 is 5.69 Å². The molecule has 0 aliphatic carbocycles. The second-order valence-electron chi connectivity index (χ2n) is 4.63. The number of ether oxygens (including phenoxy) is 1. The second-order valence-corrected chi connectivity index (χ2v) is 4.63. The maximum absolute atomic E-state index is 11.7. The van der Waals surface area contributed by atoms with Crippen molar-refractivity contribution >= 4 is 16.9 Å². The highest BCUT2D eigenvalue weighted by Gasteiger charge is 2.10. The molecule has 0 spiro atoms. The van der Waals surface area contributed by atoms with E-state index in [9.17, 15) is 10.0 Å². The maximum atomic E-state index is 11.7. The number of aromatic nitrogens is 3. The van der Waals surface area contributed by atoms with E-state index in [0.29, 0.717) is 22.5 Å². The second kappa shape index (κ2) is 5.72. The lowest BCUT2D eigenvalue weighted by Crippen LogP contribution is -2.23. The van der Waals surface area contributed by atoms with Crippen molar-refractivity contribution in [2.75, 3.05) is 12.4 Å². The molecule has 1 aromatic carbocycles. The van der Waals surface area contributed by atoms with E-state index in [1.807, 2.05) is 24.3 Å². The summed E-state index contributed by atoms with van der Waals surface area (Å²) in [6, 6.07) is 11.0. The molecule has 2 aromatic heterocycles. The van der Waals surface area contributed by atoms with Gasteiger partial charge < -0.3 is 15.3 Å². The van der Waals surface area contributed by atoms with Crippen LogP contribution in [-0.4, -0.2) is 27.0 Å². The van der Waals surface area contributed by atoms with Crippen LogP contribution in [0.5, 0.6) is 5.75 Å². The van der Waals surface area contributed by atoms with Crippen molar-refractivity contribution in [3.63, 3.8) is 0 Å². The number of hydrogen-bond acceptors (Lipinski definition) is 6. The molecule has 3 rings (SSSR count). The Morgan fingerprint density at radius 1 is 1.27 bits per heavy atom. The first-order chi connectivity index (χ1) is 10.7. The number of pyridine rings is 1. The van der Waals surface area contributed by atoms with Crippen molar-refractivity contribution in [2.24, 2.45) is 0 Å². The van der Waals surface area contributed by atoms with E-state index in [1.165, 1.54) is 6.20 Å². The molecule has 0 radical (unpaired) electrons. The van der Waals surface area contributed by atoms with Gasteiger partial charge in [-0.3, -0.25) is 0 Å². The fourth-order valence-electron chi connectivity index (χ4n) is 2.11. The van der Waals surface area contributed by atoms with E-state index in [0.717, 1.165) is 11.3 Å². The molecule has 2 N–H and O–H groups in total. The van der Waals surface area contributed by atoms with Crippen LogP contribution in [0, 0.1) is 0 Å². The Morgan fingerprint density at radius 3 is 2.77 bits per heavy atom. The molecule has 2 heterocycles. The van der Waals surface area contributed by atoms with E-state index in [4.69, 9.17) is 4.74 Å². The molecule has 0 fully saturated rings. The number of nitrogens with zero attached hydrogens (tertiary/aromatic N) is 3. The van der Waals surface area contributed by atoms with E-state index in [1.54, 1.807) is 19.2 Å². The van der Waals surface area contributed by atoms with Gasteiger partial charge in [-0.05, 0) is 29.8 Å². The molecule has 0 aliphatic rings. The predicted octanol–water partition coefficient (Wildman–Crippen LogP) is 1.65. The number of rotatable bonds is 4. The minimum absolute atomic E-state index is 0.166. The van der Waals surface area contributed by atoms with Gasteiger partial charge in [-0.15, -0.1) is 4.73 Å². The maximum Gasteiger partial charge on any atom is 0.384 e. The topological polar surface area (TPSA) is 89.3 Å². The predicted molar refractivity (Wildman–Crippen MR) is 81.3 cm³/mol. The van der Waals surface area contributed by atoms with E-state index in [2.05, 4.69) is 15.3 Å². The summed E-state index contributed by atoms with van der Waals surface area (Å²) in [7, 11) is 1.61. The van der Waals surface area contributed by atoms with Gasteiger partial charge in [0, 0.05) is 12.7 Å². The minimum atomic E-state index is -0.775. The van der Waals surface area contributed by atoms with Crippen molar-refractivity contribution in [3.05, 3.63) is 58.6 Å². The van der Waals surface area contributed by atoms with Gasteiger partial charge in [0.25, 0.3) is 0 Å². The van der Waals surface area contributed by atoms with Gasteiger partial charge in [-0.2, -0.15) is 4.98 Å². The van der Waals surface area contributed by atoms with Gasteiger partial charge in [-0.1, -0.05) is 12.1 Å². The molecule has 0 amide bonds. The van der Waals surface area contributed by atoms with Crippen molar-refractivity contribution < 1.29 is 9.94 Å². The molecule has 0 saturated heterocycles. The molecule has 112 valence electrons. The number of nitrogens with one attached hydrogen (secondary N) is 1. The van der Waals surface area contributed by atoms with E-state index >= 15 is 0 Å². The Kier molecular flexibility index (Phi) is 3.61. The molecule has 7 nitrogen and oxygen atoms in total. The molecule has 22 heavy (non-hydrogen) atoms. The fraction of sp³-hybridized carbons (Fsp3) is 0.133. The van der Waals surface area contributed by atoms with Crippen LogP contribution < -0.4 is 15.7 Å². The molecule has 0 aliphatic heterocycles. The highest BCUT2D eigenvalue weighted by molar-refractivity contribution is 5.86. The van der Waals surface area contributed by atoms with Gasteiger partial charge in [0.15, 0.2) is 5.65 Å². The van der Waals surface area contributed by atoms with Crippen LogP contribution in [0.3, 0.4) is 0 Å². The third-order valence-corrected chi connectivity index (χ3v) is 3.25. The Balaban J connectivity index is 1.90. The Hall–Kier alpha value is -3.09. The first-order valence-corrected chi connectivity index (χ1v) is 6.63. The van der Waals surface area contributed by atoms with Crippen molar-refractivity contribution in [2.45, 2.75) is 6.54 Å². The lowest BCUT2D eigenvalue weighted by molar-refractivity contribution is 0.182. The molecule has 0 bridgehead atoms. The quantitative estimate of drug-likeness (QED) is 0.712. The SMILES string of the molecule is COc1ccc(CNc2nc(=O)n(O)c3ncccc23)cc1. The van der Waals surface area contributed by atoms with E-state index in [-0.39, 0.29) is 5.65 Å². The highest BCUT2D eigenvalue weighted by atomic mass is 16.5. The third-order valence-electron chi connectivity index (χ3n) is 3.25. The molecule has 7 heteroatoms. The van der Waals surface area contributed by atoms with Gasteiger partial charge in [-0.25, -0.2) is 9.78 Å². The summed E-state index contributed by atoms with van der Waals surface area (Å²) in [4.78, 5) is 19.5. The summed E-state index contributed by atoms with van der Waals surface area (Å²) in [5.41, 5.74) is 0.399. The first-order valence-electron chi connectivity index (χ1n) is 6.63. The highest BCUT2D eigenvalue weighted by Crippen LogP contribution is 2.18. The Labute approximate surface area is 125 Å². The largest absolute Gasteiger partial charge is 0.497 e. The van der Waals surface area contributed by atoms with Crippen molar-refractivity contribution in [1.29, 1.82) is 0 Å². The molecule has 3 aromatic rings. The minimum Gasteiger partial charge on any atom is -0.497 e. The Morgan fingerprint density at radius 2 is 2.05 bits per heavy atom. The lowest BCUT2D eigenvalue weighted by Gasteiger charge is -2.09. The average Bonchev–Trinajstić information content (AvgIpc) is 2.57. The number of methoxy groups -OCH3 is 1. The van der Waals surface area contributed by atoms with Gasteiger partial charge in [0.1, 0.15) is 11.6 Å². The number of hydrogen-bond donors (Lipinski definition) is 2. The van der Waals surface area contributed by atoms with Crippen LogP contribution in [-0.2, 0) is 6.54 Å². The van der Waals surface area contributed by atoms with Crippen LogP contribution in [0.25, 0.3) is 11.0 Å². The molecular weight excluding hydrogens is 284 g/mol. The summed E-state index contributed by atoms with van der Waals surface area (Å²) in [6.07, 6.45) is 1.50. The molecule has 0 atom stereocenters. The van der Waals surface area contributed by atoms with Crippen LogP contribution in [0.15, 0.2) is 47.4 Å². The zero-order chi connectivity index (χ0) is 15.5. The standard InChI is InChI=1S/C15H14N4O3/c1-22-11-6-4-10(5-7-11)9-17-13-12-3-2-8-16-14(12)19(21)15(20)18-13/h2-8,21H,9H2,1H3,(H,17,18,20). The fourth-order valence-corrected chi connectivity index (χ4v) is 2.11. The zero-order valence-corrected chi connectivity index (χ0v) is 11.9. The van der Waals surface area contributed by atoms with Crippen LogP contribution >= 0.6 is 0 Å². The normalized spacial score (nSPS) is 10.6. The number of anilines is 1. The van der Waals surface area contributed by atoms with Gasteiger partial charge in [0.2, 0.25) is 0 Å². The zero-order valence-electron chi connectivity index (χ0n) is 11.9. The number of benzene rings is 1. The Bertz CT molecular complexity index is 859. The van der Waals surface area contributed by atoms with Crippen molar-refractivity contribution in [3.8, 4) is 5.75 Å². The summed E-state index contributed by atoms with van der Waals surface area (Å²) in [5.74, 6) is 1.16. The van der Waals surface area contributed by atoms with Crippen molar-refractivity contribution in [1.82, 2.24) is 14.7 Å². The summed E-state index contributed by atoms with van der Waals surface area (Å²) < 4.78 is 5.54. The first kappa shape index (κ1) is 13.9. The summed E-state index contributed by atoms with van der Waals surface area (Å²) >= 11 is 0. The molecule has 0 unspecified atom stereocenters. The summed E-state index contributed by atoms with van der Waals surface area (Å²) in [6.45, 7) is 0.482. The van der Waals surface area contributed by atoms with Crippen LogP contribution in [0.4, 0.5) is 5.82 Å². The van der Waals surface area contributed by atoms with E-state index < -0.39 is 5.69 Å². The van der Waals surface area contributed by atoms with Crippen LogP contribution in [0.1, 0.15) is 5.56 Å².